The van der Waals surface area contributed by atoms with E-state index in [1.807, 2.05) is 12.1 Å². The molecule has 0 bridgehead atoms. The number of nitrogens with two attached hydrogens (primary N) is 1. The van der Waals surface area contributed by atoms with E-state index in [4.69, 9.17) is 13.8 Å². The van der Waals surface area contributed by atoms with Crippen LogP contribution in [-0.2, 0) is 17.7 Å². The molecule has 2 aromatic carbocycles. The molecule has 1 heterocycles. The number of hydrogen-bond acceptors (Lipinski definition) is 4. The number of likely N-dealkylation sites (N-methyl/N-ethyl adjacent to an activating group) is 1. The molecule has 5 nitrogen and oxygen atoms in total. The standard InChI is InChI=1S/C18H18N2.H3NO2S/c1-14-18(12-15-8-4-3-5-9-15)20(2)13-16-10-6-7-11-17(16)19-14;1-4(2)3/h3-11,13H,12H2,1-2H3;1H2,(H,2,3)/p-1. The summed E-state index contributed by atoms with van der Waals surface area (Å²) in [5.74, 6) is 0. The van der Waals surface area contributed by atoms with Crippen molar-refractivity contribution < 1.29 is 8.76 Å². The molecule has 0 amide bonds. The van der Waals surface area contributed by atoms with Crippen LogP contribution in [-0.4, -0.2) is 20.7 Å². The van der Waals surface area contributed by atoms with Gasteiger partial charge in [-0.05, 0) is 18.6 Å². The maximum Gasteiger partial charge on any atom is 0.0720 e. The molecule has 0 radical (unpaired) electrons. The zero-order valence-electron chi connectivity index (χ0n) is 13.7. The van der Waals surface area contributed by atoms with Crippen LogP contribution in [0.2, 0.25) is 0 Å². The number of allylic oxidation sites excluding steroid dienone is 2. The van der Waals surface area contributed by atoms with Gasteiger partial charge in [-0.2, -0.15) is 0 Å². The van der Waals surface area contributed by atoms with Gasteiger partial charge in [-0.3, -0.25) is 14.3 Å². The third-order valence-corrected chi connectivity index (χ3v) is 3.62. The molecular formula is C18H20N3O2S-. The van der Waals surface area contributed by atoms with Crippen LogP contribution in [0, 0.1) is 0 Å². The summed E-state index contributed by atoms with van der Waals surface area (Å²) in [5, 5.41) is 6.23. The van der Waals surface area contributed by atoms with E-state index in [2.05, 4.69) is 72.7 Å². The molecule has 0 spiro atoms. The largest absolute Gasteiger partial charge is 0.760 e. The summed E-state index contributed by atoms with van der Waals surface area (Å²) in [5.41, 5.74) is 3.63. The minimum atomic E-state index is -2.36. The van der Waals surface area contributed by atoms with Gasteiger partial charge in [0.25, 0.3) is 0 Å². The Bertz CT molecular complexity index is 859. The summed E-state index contributed by atoms with van der Waals surface area (Å²) in [6.07, 6.45) is 3.06. The van der Waals surface area contributed by atoms with Gasteiger partial charge < -0.3 is 9.45 Å². The molecule has 0 saturated heterocycles. The topological polar surface area (TPSA) is 81.8 Å². The van der Waals surface area contributed by atoms with Crippen LogP contribution >= 0.6 is 0 Å². The molecule has 126 valence electrons. The fourth-order valence-electron chi connectivity index (χ4n) is 2.53. The van der Waals surface area contributed by atoms with Crippen LogP contribution in [0.25, 0.3) is 6.20 Å². The van der Waals surface area contributed by atoms with Crippen LogP contribution < -0.4 is 15.7 Å². The summed E-state index contributed by atoms with van der Waals surface area (Å²) in [6.45, 7) is 2.09. The quantitative estimate of drug-likeness (QED) is 0.833. The van der Waals surface area contributed by atoms with E-state index < -0.39 is 11.3 Å². The van der Waals surface area contributed by atoms with Crippen LogP contribution in [0.3, 0.4) is 0 Å². The zero-order chi connectivity index (χ0) is 17.5. The number of rotatable bonds is 2. The lowest BCUT2D eigenvalue weighted by Crippen LogP contribution is -2.25. The predicted octanol–water partition coefficient (Wildman–Crippen LogP) is 1.20. The van der Waals surface area contributed by atoms with Crippen molar-refractivity contribution in [3.8, 4) is 0 Å². The lowest BCUT2D eigenvalue weighted by molar-refractivity contribution is 0.539. The maximum atomic E-state index is 8.78. The molecule has 2 aromatic rings. The van der Waals surface area contributed by atoms with E-state index in [1.165, 1.54) is 11.3 Å². The van der Waals surface area contributed by atoms with Gasteiger partial charge in [0.1, 0.15) is 0 Å². The van der Waals surface area contributed by atoms with Gasteiger partial charge in [0, 0.05) is 41.9 Å². The summed E-state index contributed by atoms with van der Waals surface area (Å²) in [6, 6.07) is 18.8. The van der Waals surface area contributed by atoms with Crippen molar-refractivity contribution in [3.05, 3.63) is 82.1 Å². The van der Waals surface area contributed by atoms with Crippen molar-refractivity contribution in [2.45, 2.75) is 13.3 Å². The second kappa shape index (κ2) is 8.54. The molecule has 0 fully saturated rings. The third-order valence-electron chi connectivity index (χ3n) is 3.62. The molecule has 1 atom stereocenters. The second-order valence-electron chi connectivity index (χ2n) is 5.37. The Morgan fingerprint density at radius 3 is 2.38 bits per heavy atom. The van der Waals surface area contributed by atoms with Crippen molar-refractivity contribution in [3.63, 3.8) is 0 Å². The highest BCUT2D eigenvalue weighted by atomic mass is 32.2. The Hall–Kier alpha value is -2.28. The number of para-hydroxylation sites is 1. The SMILES string of the molecule is CC1=C(Cc2ccccc2)N(C)C=c2ccccc2=N1.NS(=O)[O-]. The van der Waals surface area contributed by atoms with Crippen LogP contribution in [0.15, 0.2) is 71.0 Å². The van der Waals surface area contributed by atoms with E-state index in [-0.39, 0.29) is 0 Å². The average molecular weight is 342 g/mol. The first-order valence-electron chi connectivity index (χ1n) is 7.43. The maximum absolute atomic E-state index is 8.78. The van der Waals surface area contributed by atoms with Gasteiger partial charge in [-0.1, -0.05) is 48.5 Å². The Morgan fingerprint density at radius 1 is 1.12 bits per heavy atom. The predicted molar refractivity (Wildman–Crippen MR) is 95.4 cm³/mol. The summed E-state index contributed by atoms with van der Waals surface area (Å²) in [7, 11) is 2.10. The van der Waals surface area contributed by atoms with Gasteiger partial charge in [0.2, 0.25) is 0 Å². The summed E-state index contributed by atoms with van der Waals surface area (Å²) < 4.78 is 17.6. The van der Waals surface area contributed by atoms with Crippen molar-refractivity contribution >= 4 is 17.5 Å². The van der Waals surface area contributed by atoms with Crippen LogP contribution in [0.5, 0.6) is 0 Å². The Morgan fingerprint density at radius 2 is 1.71 bits per heavy atom. The highest BCUT2D eigenvalue weighted by molar-refractivity contribution is 7.76. The van der Waals surface area contributed by atoms with Crippen molar-refractivity contribution in [2.75, 3.05) is 7.05 Å². The lowest BCUT2D eigenvalue weighted by Gasteiger charge is -2.19. The Labute approximate surface area is 144 Å². The number of nitrogens with zero attached hydrogens (tertiary/aromatic N) is 2. The number of benzene rings is 2. The van der Waals surface area contributed by atoms with Gasteiger partial charge in [0.05, 0.1) is 11.1 Å². The minimum absolute atomic E-state index is 0.900. The molecular weight excluding hydrogens is 322 g/mol. The first-order valence-corrected chi connectivity index (χ1v) is 8.57. The Balaban J connectivity index is 0.000000471. The third kappa shape index (κ3) is 5.13. The molecule has 1 aliphatic rings. The van der Waals surface area contributed by atoms with E-state index in [0.29, 0.717) is 0 Å². The molecule has 0 saturated carbocycles. The highest BCUT2D eigenvalue weighted by Crippen LogP contribution is 2.17. The lowest BCUT2D eigenvalue weighted by atomic mass is 10.1. The average Bonchev–Trinajstić information content (AvgIpc) is 2.65. The normalized spacial score (nSPS) is 14.4. The molecule has 6 heteroatoms. The highest BCUT2D eigenvalue weighted by Gasteiger charge is 2.10. The summed E-state index contributed by atoms with van der Waals surface area (Å²) >= 11 is -2.36. The molecule has 0 aromatic heterocycles. The van der Waals surface area contributed by atoms with Crippen molar-refractivity contribution in [1.29, 1.82) is 0 Å². The Kier molecular flexibility index (Phi) is 6.43. The van der Waals surface area contributed by atoms with Gasteiger partial charge in [0.15, 0.2) is 0 Å². The number of fused-ring (bicyclic) bond motifs is 1. The van der Waals surface area contributed by atoms with Crippen LogP contribution in [0.1, 0.15) is 12.5 Å². The summed E-state index contributed by atoms with van der Waals surface area (Å²) in [4.78, 5) is 6.97. The van der Waals surface area contributed by atoms with Crippen molar-refractivity contribution in [1.82, 2.24) is 4.90 Å². The fourth-order valence-corrected chi connectivity index (χ4v) is 2.53. The van der Waals surface area contributed by atoms with E-state index >= 15 is 0 Å². The van der Waals surface area contributed by atoms with E-state index in [9.17, 15) is 0 Å². The molecule has 0 aliphatic carbocycles. The first-order chi connectivity index (χ1) is 11.5. The van der Waals surface area contributed by atoms with Gasteiger partial charge in [-0.25, -0.2) is 0 Å². The van der Waals surface area contributed by atoms with Crippen molar-refractivity contribution in [2.24, 2.45) is 10.1 Å². The van der Waals surface area contributed by atoms with Gasteiger partial charge >= 0.3 is 0 Å². The molecule has 3 rings (SSSR count). The molecule has 1 unspecified atom stereocenters. The van der Waals surface area contributed by atoms with Crippen LogP contribution in [0.4, 0.5) is 0 Å². The monoisotopic (exact) mass is 342 g/mol. The second-order valence-corrected chi connectivity index (χ2v) is 5.89. The van der Waals surface area contributed by atoms with E-state index in [0.717, 1.165) is 22.7 Å². The zero-order valence-corrected chi connectivity index (χ0v) is 14.5. The smallest absolute Gasteiger partial charge is 0.0720 e. The minimum Gasteiger partial charge on any atom is -0.760 e. The number of hydrogen-bond donors (Lipinski definition) is 1. The molecule has 2 N–H and O–H groups in total. The van der Waals surface area contributed by atoms with E-state index in [1.54, 1.807) is 0 Å². The molecule has 1 aliphatic heterocycles. The molecule has 24 heavy (non-hydrogen) atoms. The fraction of sp³-hybridized carbons (Fsp3) is 0.167. The first kappa shape index (κ1) is 18.1. The van der Waals surface area contributed by atoms with Gasteiger partial charge in [-0.15, -0.1) is 0 Å².